The summed E-state index contributed by atoms with van der Waals surface area (Å²) in [6, 6.07) is 12.4. The number of benzene rings is 2. The van der Waals surface area contributed by atoms with E-state index in [9.17, 15) is 5.11 Å². The molecule has 2 aromatic rings. The van der Waals surface area contributed by atoms with Crippen molar-refractivity contribution in [1.82, 2.24) is 0 Å². The van der Waals surface area contributed by atoms with Crippen LogP contribution in [0.1, 0.15) is 18.1 Å². The van der Waals surface area contributed by atoms with Crippen LogP contribution in [0, 0.1) is 0 Å². The van der Waals surface area contributed by atoms with Gasteiger partial charge in [-0.05, 0) is 36.8 Å². The smallest absolute Gasteiger partial charge is 0.0923 e. The van der Waals surface area contributed by atoms with Gasteiger partial charge in [0.15, 0.2) is 0 Å². The van der Waals surface area contributed by atoms with Gasteiger partial charge in [0.05, 0.1) is 5.60 Å². The van der Waals surface area contributed by atoms with Crippen molar-refractivity contribution in [2.75, 3.05) is 0 Å². The van der Waals surface area contributed by atoms with E-state index in [1.165, 1.54) is 0 Å². The van der Waals surface area contributed by atoms with Crippen LogP contribution in [0.25, 0.3) is 0 Å². The second kappa shape index (κ2) is 5.72. The molecule has 0 saturated carbocycles. The van der Waals surface area contributed by atoms with E-state index in [1.54, 1.807) is 37.3 Å². The van der Waals surface area contributed by atoms with Gasteiger partial charge >= 0.3 is 0 Å². The van der Waals surface area contributed by atoms with Crippen molar-refractivity contribution in [2.24, 2.45) is 0 Å². The van der Waals surface area contributed by atoms with E-state index in [-0.39, 0.29) is 0 Å². The summed E-state index contributed by atoms with van der Waals surface area (Å²) in [4.78, 5) is 0. The maximum absolute atomic E-state index is 10.6. The maximum atomic E-state index is 10.6. The normalized spacial score (nSPS) is 14.2. The lowest BCUT2D eigenvalue weighted by molar-refractivity contribution is 0.0577. The number of hydrogen-bond donors (Lipinski definition) is 1. The molecule has 0 aliphatic rings. The van der Waals surface area contributed by atoms with Crippen LogP contribution in [0.15, 0.2) is 42.5 Å². The minimum Gasteiger partial charge on any atom is -0.385 e. The summed E-state index contributed by atoms with van der Waals surface area (Å²) >= 11 is 18.2. The van der Waals surface area contributed by atoms with E-state index < -0.39 is 5.60 Å². The zero-order valence-corrected chi connectivity index (χ0v) is 12.6. The monoisotopic (exact) mass is 314 g/mol. The molecule has 19 heavy (non-hydrogen) atoms. The molecule has 0 spiro atoms. The molecule has 2 rings (SSSR count). The van der Waals surface area contributed by atoms with E-state index in [0.717, 1.165) is 5.56 Å². The second-order valence-electron chi connectivity index (χ2n) is 4.67. The van der Waals surface area contributed by atoms with Gasteiger partial charge in [-0.3, -0.25) is 0 Å². The van der Waals surface area contributed by atoms with Crippen LogP contribution < -0.4 is 0 Å². The quantitative estimate of drug-likeness (QED) is 0.835. The van der Waals surface area contributed by atoms with E-state index in [4.69, 9.17) is 34.8 Å². The Hall–Kier alpha value is -0.730. The lowest BCUT2D eigenvalue weighted by Crippen LogP contribution is -2.24. The topological polar surface area (TPSA) is 20.2 Å². The molecular weight excluding hydrogens is 303 g/mol. The summed E-state index contributed by atoms with van der Waals surface area (Å²) in [6.07, 6.45) is 0.343. The van der Waals surface area contributed by atoms with Crippen LogP contribution in [-0.2, 0) is 12.0 Å². The summed E-state index contributed by atoms with van der Waals surface area (Å²) in [5, 5.41) is 12.4. The summed E-state index contributed by atoms with van der Waals surface area (Å²) < 4.78 is 0. The van der Waals surface area contributed by atoms with Crippen LogP contribution in [0.3, 0.4) is 0 Å². The van der Waals surface area contributed by atoms with Crippen molar-refractivity contribution >= 4 is 34.8 Å². The molecule has 0 fully saturated rings. The predicted octanol–water partition coefficient (Wildman–Crippen LogP) is 5.10. The summed E-state index contributed by atoms with van der Waals surface area (Å²) in [7, 11) is 0. The van der Waals surface area contributed by atoms with Crippen LogP contribution >= 0.6 is 34.8 Å². The second-order valence-corrected chi connectivity index (χ2v) is 5.92. The Labute approximate surface area is 127 Å². The van der Waals surface area contributed by atoms with Gasteiger partial charge in [-0.1, -0.05) is 53.0 Å². The van der Waals surface area contributed by atoms with Crippen molar-refractivity contribution in [3.05, 3.63) is 68.7 Å². The van der Waals surface area contributed by atoms with Gasteiger partial charge in [0.2, 0.25) is 0 Å². The largest absolute Gasteiger partial charge is 0.385 e. The molecule has 0 radical (unpaired) electrons. The Morgan fingerprint density at radius 2 is 1.68 bits per heavy atom. The molecule has 0 aliphatic carbocycles. The van der Waals surface area contributed by atoms with Crippen LogP contribution in [0.2, 0.25) is 15.1 Å². The molecule has 1 atom stereocenters. The Balaban J connectivity index is 2.36. The Morgan fingerprint density at radius 3 is 2.37 bits per heavy atom. The summed E-state index contributed by atoms with van der Waals surface area (Å²) in [6.45, 7) is 1.71. The SMILES string of the molecule is CC(O)(Cc1cc(Cl)ccc1Cl)c1ccccc1Cl. The van der Waals surface area contributed by atoms with Crippen LogP contribution in [0.5, 0.6) is 0 Å². The first-order chi connectivity index (χ1) is 8.90. The molecule has 0 heterocycles. The molecule has 0 bridgehead atoms. The zero-order valence-electron chi connectivity index (χ0n) is 10.3. The van der Waals surface area contributed by atoms with Crippen molar-refractivity contribution in [3.8, 4) is 0 Å². The summed E-state index contributed by atoms with van der Waals surface area (Å²) in [5.74, 6) is 0. The number of rotatable bonds is 3. The molecular formula is C15H13Cl3O. The van der Waals surface area contributed by atoms with Gasteiger partial charge in [0, 0.05) is 27.1 Å². The van der Waals surface area contributed by atoms with Gasteiger partial charge in [0.1, 0.15) is 0 Å². The van der Waals surface area contributed by atoms with Crippen molar-refractivity contribution < 1.29 is 5.11 Å². The molecule has 0 amide bonds. The lowest BCUT2D eigenvalue weighted by Gasteiger charge is -2.25. The molecule has 1 N–H and O–H groups in total. The standard InChI is InChI=1S/C15H13Cl3O/c1-15(19,12-4-2-3-5-14(12)18)9-10-8-11(16)6-7-13(10)17/h2-8,19H,9H2,1H3. The first kappa shape index (κ1) is 14.7. The fourth-order valence-electron chi connectivity index (χ4n) is 2.04. The van der Waals surface area contributed by atoms with E-state index >= 15 is 0 Å². The van der Waals surface area contributed by atoms with Gasteiger partial charge in [-0.2, -0.15) is 0 Å². The van der Waals surface area contributed by atoms with Crippen molar-refractivity contribution in [1.29, 1.82) is 0 Å². The van der Waals surface area contributed by atoms with Crippen LogP contribution in [0.4, 0.5) is 0 Å². The van der Waals surface area contributed by atoms with Crippen LogP contribution in [-0.4, -0.2) is 5.11 Å². The molecule has 1 nitrogen and oxygen atoms in total. The molecule has 100 valence electrons. The fraction of sp³-hybridized carbons (Fsp3) is 0.200. The van der Waals surface area contributed by atoms with E-state index in [1.807, 2.05) is 12.1 Å². The third-order valence-corrected chi connectivity index (χ3v) is 3.93. The zero-order chi connectivity index (χ0) is 14.0. The molecule has 0 aliphatic heterocycles. The Morgan fingerprint density at radius 1 is 1.00 bits per heavy atom. The Kier molecular flexibility index (Phi) is 4.42. The molecule has 0 saturated heterocycles. The van der Waals surface area contributed by atoms with Gasteiger partial charge in [-0.25, -0.2) is 0 Å². The highest BCUT2D eigenvalue weighted by Crippen LogP contribution is 2.33. The average molecular weight is 316 g/mol. The molecule has 1 unspecified atom stereocenters. The van der Waals surface area contributed by atoms with Gasteiger partial charge < -0.3 is 5.11 Å². The van der Waals surface area contributed by atoms with E-state index in [2.05, 4.69) is 0 Å². The van der Waals surface area contributed by atoms with Gasteiger partial charge in [-0.15, -0.1) is 0 Å². The highest BCUT2D eigenvalue weighted by Gasteiger charge is 2.26. The number of halogens is 3. The van der Waals surface area contributed by atoms with Crippen molar-refractivity contribution in [2.45, 2.75) is 18.9 Å². The predicted molar refractivity (Wildman–Crippen MR) is 81.2 cm³/mol. The number of aliphatic hydroxyl groups is 1. The highest BCUT2D eigenvalue weighted by atomic mass is 35.5. The minimum atomic E-state index is -1.10. The fourth-order valence-corrected chi connectivity index (χ4v) is 2.76. The Bertz CT molecular complexity index is 594. The van der Waals surface area contributed by atoms with E-state index in [0.29, 0.717) is 27.1 Å². The molecule has 2 aromatic carbocycles. The first-order valence-corrected chi connectivity index (χ1v) is 6.95. The number of hydrogen-bond acceptors (Lipinski definition) is 1. The molecule has 4 heteroatoms. The maximum Gasteiger partial charge on any atom is 0.0923 e. The van der Waals surface area contributed by atoms with Gasteiger partial charge in [0.25, 0.3) is 0 Å². The highest BCUT2D eigenvalue weighted by molar-refractivity contribution is 6.33. The third-order valence-electron chi connectivity index (χ3n) is 3.00. The third kappa shape index (κ3) is 3.43. The molecule has 0 aromatic heterocycles. The minimum absolute atomic E-state index is 0.343. The lowest BCUT2D eigenvalue weighted by atomic mass is 9.89. The van der Waals surface area contributed by atoms with Crippen molar-refractivity contribution in [3.63, 3.8) is 0 Å². The average Bonchev–Trinajstić information content (AvgIpc) is 2.34. The first-order valence-electron chi connectivity index (χ1n) is 5.81. The summed E-state index contributed by atoms with van der Waals surface area (Å²) in [5.41, 5.74) is 0.360.